The van der Waals surface area contributed by atoms with E-state index in [1.165, 1.54) is 11.8 Å². The lowest BCUT2D eigenvalue weighted by Gasteiger charge is -2.20. The van der Waals surface area contributed by atoms with Gasteiger partial charge in [-0.05, 0) is 74.4 Å². The fourth-order valence-electron chi connectivity index (χ4n) is 4.32. The number of rotatable bonds is 7. The Hall–Kier alpha value is -2.97. The monoisotopic (exact) mass is 467 g/mol. The minimum absolute atomic E-state index is 0.0443. The number of nitrogens with one attached hydrogen (secondary N) is 1. The van der Waals surface area contributed by atoms with E-state index < -0.39 is 10.0 Å². The van der Waals surface area contributed by atoms with E-state index >= 15 is 0 Å². The third-order valence-corrected chi connectivity index (χ3v) is 7.63. The lowest BCUT2D eigenvalue weighted by atomic mass is 9.90. The number of benzene rings is 2. The van der Waals surface area contributed by atoms with Crippen molar-refractivity contribution >= 4 is 10.0 Å². The van der Waals surface area contributed by atoms with E-state index in [0.717, 1.165) is 47.9 Å². The predicted octanol–water partition coefficient (Wildman–Crippen LogP) is 3.60. The molecular weight excluding hydrogens is 438 g/mol. The summed E-state index contributed by atoms with van der Waals surface area (Å²) in [4.78, 5) is 12.8. The second-order valence-electron chi connectivity index (χ2n) is 8.25. The number of hydrogen-bond acceptors (Lipinski definition) is 5. The van der Waals surface area contributed by atoms with Gasteiger partial charge in [-0.15, -0.1) is 0 Å². The zero-order chi connectivity index (χ0) is 23.6. The molecule has 3 aromatic rings. The summed E-state index contributed by atoms with van der Waals surface area (Å²) in [5.74, 6) is 0.258. The van der Waals surface area contributed by atoms with Gasteiger partial charge >= 0.3 is 0 Å². The number of fused-ring (bicyclic) bond motifs is 1. The van der Waals surface area contributed by atoms with Gasteiger partial charge in [0.2, 0.25) is 10.0 Å². The second-order valence-corrected chi connectivity index (χ2v) is 9.99. The van der Waals surface area contributed by atoms with Crippen LogP contribution in [-0.4, -0.2) is 25.3 Å². The molecule has 4 rings (SSSR count). The maximum Gasteiger partial charge on any atom is 0.270 e. The largest absolute Gasteiger partial charge is 0.495 e. The van der Waals surface area contributed by atoms with Crippen LogP contribution in [0.4, 0.5) is 0 Å². The molecule has 2 aromatic carbocycles. The molecule has 1 aromatic heterocycles. The molecule has 7 nitrogen and oxygen atoms in total. The zero-order valence-corrected chi connectivity index (χ0v) is 20.0. The molecule has 0 bridgehead atoms. The highest BCUT2D eigenvalue weighted by atomic mass is 32.2. The molecule has 0 saturated carbocycles. The van der Waals surface area contributed by atoms with Crippen molar-refractivity contribution in [2.45, 2.75) is 57.5 Å². The van der Waals surface area contributed by atoms with Crippen molar-refractivity contribution in [2.24, 2.45) is 0 Å². The average Bonchev–Trinajstić information content (AvgIpc) is 2.83. The van der Waals surface area contributed by atoms with Crippen LogP contribution in [0.3, 0.4) is 0 Å². The van der Waals surface area contributed by atoms with E-state index in [2.05, 4.69) is 9.82 Å². The molecule has 0 saturated heterocycles. The summed E-state index contributed by atoms with van der Waals surface area (Å²) in [6.45, 7) is 4.46. The molecule has 1 aliphatic rings. The molecule has 0 amide bonds. The highest BCUT2D eigenvalue weighted by Gasteiger charge is 2.24. The van der Waals surface area contributed by atoms with Crippen molar-refractivity contribution in [3.05, 3.63) is 75.1 Å². The molecule has 0 fully saturated rings. The summed E-state index contributed by atoms with van der Waals surface area (Å²) >= 11 is 0. The predicted molar refractivity (Wildman–Crippen MR) is 128 cm³/mol. The van der Waals surface area contributed by atoms with Gasteiger partial charge in [-0.1, -0.05) is 24.3 Å². The normalized spacial score (nSPS) is 13.5. The topological polar surface area (TPSA) is 90.3 Å². The van der Waals surface area contributed by atoms with E-state index in [1.54, 1.807) is 18.2 Å². The number of sulfonamides is 1. The summed E-state index contributed by atoms with van der Waals surface area (Å²) in [7, 11) is -2.41. The number of nitrogens with zero attached hydrogens (tertiary/aromatic N) is 2. The quantitative estimate of drug-likeness (QED) is 0.573. The van der Waals surface area contributed by atoms with Gasteiger partial charge in [0.1, 0.15) is 10.6 Å². The fourth-order valence-corrected chi connectivity index (χ4v) is 5.52. The minimum Gasteiger partial charge on any atom is -0.495 e. The smallest absolute Gasteiger partial charge is 0.270 e. The highest BCUT2D eigenvalue weighted by molar-refractivity contribution is 7.89. The molecular formula is C25H29N3O4S. The Morgan fingerprint density at radius 1 is 1.09 bits per heavy atom. The van der Waals surface area contributed by atoms with Crippen molar-refractivity contribution in [1.82, 2.24) is 14.5 Å². The minimum atomic E-state index is -3.86. The van der Waals surface area contributed by atoms with Crippen molar-refractivity contribution in [1.29, 1.82) is 0 Å². The van der Waals surface area contributed by atoms with Crippen LogP contribution < -0.4 is 15.0 Å². The SMILES string of the molecule is CCn1nc(-c2ccc(OC)c(S(=O)(=O)NCc3ccccc3C)c2)c2c(c1=O)CCCC2. The van der Waals surface area contributed by atoms with Crippen LogP contribution in [0, 0.1) is 6.92 Å². The Labute approximate surface area is 194 Å². The van der Waals surface area contributed by atoms with Crippen molar-refractivity contribution in [3.8, 4) is 17.0 Å². The Morgan fingerprint density at radius 3 is 2.52 bits per heavy atom. The Morgan fingerprint density at radius 2 is 1.82 bits per heavy atom. The van der Waals surface area contributed by atoms with Crippen LogP contribution in [0.1, 0.15) is 42.0 Å². The average molecular weight is 468 g/mol. The number of hydrogen-bond donors (Lipinski definition) is 1. The molecule has 0 aliphatic heterocycles. The van der Waals surface area contributed by atoms with Gasteiger partial charge in [-0.25, -0.2) is 17.8 Å². The molecule has 1 N–H and O–H groups in total. The van der Waals surface area contributed by atoms with Gasteiger partial charge < -0.3 is 4.74 Å². The van der Waals surface area contributed by atoms with E-state index in [0.29, 0.717) is 17.8 Å². The fraction of sp³-hybridized carbons (Fsp3) is 0.360. The van der Waals surface area contributed by atoms with Crippen LogP contribution in [0.5, 0.6) is 5.75 Å². The third-order valence-electron chi connectivity index (χ3n) is 6.21. The summed E-state index contributed by atoms with van der Waals surface area (Å²) < 4.78 is 36.1. The van der Waals surface area contributed by atoms with E-state index in [9.17, 15) is 13.2 Å². The maximum absolute atomic E-state index is 13.3. The molecule has 33 heavy (non-hydrogen) atoms. The van der Waals surface area contributed by atoms with E-state index in [4.69, 9.17) is 4.74 Å². The lowest BCUT2D eigenvalue weighted by Crippen LogP contribution is -2.30. The maximum atomic E-state index is 13.3. The van der Waals surface area contributed by atoms with Gasteiger partial charge in [0.25, 0.3) is 5.56 Å². The second kappa shape index (κ2) is 9.49. The van der Waals surface area contributed by atoms with Crippen molar-refractivity contribution in [3.63, 3.8) is 0 Å². The van der Waals surface area contributed by atoms with Gasteiger partial charge in [0.15, 0.2) is 0 Å². The Kier molecular flexibility index (Phi) is 6.67. The van der Waals surface area contributed by atoms with Crippen molar-refractivity contribution < 1.29 is 13.2 Å². The van der Waals surface area contributed by atoms with Crippen LogP contribution in [0.25, 0.3) is 11.3 Å². The zero-order valence-electron chi connectivity index (χ0n) is 19.2. The molecule has 1 heterocycles. The van der Waals surface area contributed by atoms with Gasteiger partial charge in [0, 0.05) is 24.2 Å². The van der Waals surface area contributed by atoms with E-state index in [1.807, 2.05) is 38.1 Å². The molecule has 1 aliphatic carbocycles. The van der Waals surface area contributed by atoms with Gasteiger partial charge in [0.05, 0.1) is 12.8 Å². The first-order chi connectivity index (χ1) is 15.9. The van der Waals surface area contributed by atoms with Gasteiger partial charge in [-0.3, -0.25) is 4.79 Å². The molecule has 0 spiro atoms. The Bertz CT molecular complexity index is 1350. The van der Waals surface area contributed by atoms with E-state index in [-0.39, 0.29) is 22.7 Å². The lowest BCUT2D eigenvalue weighted by molar-refractivity contribution is 0.402. The standard InChI is InChI=1S/C25H29N3O4S/c1-4-28-25(29)21-12-8-7-11-20(21)24(27-28)18-13-14-22(32-3)23(15-18)33(30,31)26-16-19-10-6-5-9-17(19)2/h5-6,9-10,13-15,26H,4,7-8,11-12,16H2,1-3H3. The van der Waals surface area contributed by atoms with Crippen LogP contribution in [-0.2, 0) is 36.0 Å². The van der Waals surface area contributed by atoms with Crippen LogP contribution in [0.2, 0.25) is 0 Å². The first-order valence-electron chi connectivity index (χ1n) is 11.2. The summed E-state index contributed by atoms with van der Waals surface area (Å²) in [5, 5.41) is 4.61. The van der Waals surface area contributed by atoms with Crippen LogP contribution >= 0.6 is 0 Å². The number of aromatic nitrogens is 2. The summed E-state index contributed by atoms with van der Waals surface area (Å²) in [6, 6.07) is 12.7. The Balaban J connectivity index is 1.78. The number of aryl methyl sites for hydroxylation is 2. The summed E-state index contributed by atoms with van der Waals surface area (Å²) in [5.41, 5.74) is 4.93. The number of methoxy groups -OCH3 is 1. The molecule has 0 unspecified atom stereocenters. The number of ether oxygens (including phenoxy) is 1. The van der Waals surface area contributed by atoms with Crippen molar-refractivity contribution in [2.75, 3.05) is 7.11 Å². The first kappa shape index (κ1) is 23.2. The molecule has 8 heteroatoms. The molecule has 174 valence electrons. The van der Waals surface area contributed by atoms with Gasteiger partial charge in [-0.2, -0.15) is 5.10 Å². The van der Waals surface area contributed by atoms with Crippen LogP contribution in [0.15, 0.2) is 52.2 Å². The summed E-state index contributed by atoms with van der Waals surface area (Å²) in [6.07, 6.45) is 3.44. The first-order valence-corrected chi connectivity index (χ1v) is 12.7. The highest BCUT2D eigenvalue weighted by Crippen LogP contribution is 2.33. The third kappa shape index (κ3) is 4.58. The molecule has 0 radical (unpaired) electrons. The molecule has 0 atom stereocenters.